The van der Waals surface area contributed by atoms with Gasteiger partial charge in [0.15, 0.2) is 5.65 Å². The van der Waals surface area contributed by atoms with Crippen LogP contribution in [0.15, 0.2) is 60.9 Å². The van der Waals surface area contributed by atoms with Crippen molar-refractivity contribution < 1.29 is 23.8 Å². The lowest BCUT2D eigenvalue weighted by Gasteiger charge is -2.38. The van der Waals surface area contributed by atoms with Gasteiger partial charge in [0.1, 0.15) is 22.8 Å². The molecule has 6 rings (SSSR count). The summed E-state index contributed by atoms with van der Waals surface area (Å²) in [4.78, 5) is 39.6. The molecule has 266 valence electrons. The molecule has 1 saturated carbocycles. The van der Waals surface area contributed by atoms with Crippen LogP contribution in [0.4, 0.5) is 21.2 Å². The second kappa shape index (κ2) is 14.3. The van der Waals surface area contributed by atoms with Gasteiger partial charge in [-0.05, 0) is 84.4 Å². The zero-order chi connectivity index (χ0) is 35.6. The van der Waals surface area contributed by atoms with Crippen LogP contribution in [0.3, 0.4) is 0 Å². The Kier molecular flexibility index (Phi) is 10.0. The number of ether oxygens (including phenoxy) is 3. The van der Waals surface area contributed by atoms with E-state index in [1.165, 1.54) is 0 Å². The summed E-state index contributed by atoms with van der Waals surface area (Å²) in [6.45, 7) is 13.0. The number of piperidine rings is 1. The van der Waals surface area contributed by atoms with Crippen LogP contribution in [0.25, 0.3) is 16.9 Å². The molecule has 12 heteroatoms. The molecule has 1 aliphatic carbocycles. The van der Waals surface area contributed by atoms with Gasteiger partial charge in [-0.15, -0.1) is 0 Å². The average Bonchev–Trinajstić information content (AvgIpc) is 3.83. The van der Waals surface area contributed by atoms with Crippen molar-refractivity contribution in [3.8, 4) is 11.3 Å². The maximum absolute atomic E-state index is 14.0. The van der Waals surface area contributed by atoms with Gasteiger partial charge in [-0.25, -0.2) is 14.6 Å². The molecule has 0 spiro atoms. The van der Waals surface area contributed by atoms with Crippen LogP contribution in [0.5, 0.6) is 0 Å². The normalized spacial score (nSPS) is 18.2. The summed E-state index contributed by atoms with van der Waals surface area (Å²) in [6.07, 6.45) is 5.55. The van der Waals surface area contributed by atoms with Crippen LogP contribution in [0.1, 0.15) is 77.8 Å². The van der Waals surface area contributed by atoms with Crippen LogP contribution < -0.4 is 10.2 Å². The minimum absolute atomic E-state index is 0.118. The van der Waals surface area contributed by atoms with Gasteiger partial charge in [0.05, 0.1) is 31.1 Å². The van der Waals surface area contributed by atoms with Gasteiger partial charge < -0.3 is 24.4 Å². The first-order valence-corrected chi connectivity index (χ1v) is 17.4. The van der Waals surface area contributed by atoms with Crippen molar-refractivity contribution in [2.24, 2.45) is 5.92 Å². The van der Waals surface area contributed by atoms with Crippen molar-refractivity contribution in [3.63, 3.8) is 0 Å². The zero-order valence-electron chi connectivity index (χ0n) is 30.2. The number of hydrogen-bond donors (Lipinski definition) is 1. The maximum Gasteiger partial charge on any atom is 0.416 e. The molecule has 1 N–H and O–H groups in total. The molecule has 2 aliphatic rings. The van der Waals surface area contributed by atoms with Crippen molar-refractivity contribution in [3.05, 3.63) is 72.1 Å². The Bertz CT molecular complexity index is 1790. The molecule has 0 radical (unpaired) electrons. The quantitative estimate of drug-likeness (QED) is 0.194. The first-order chi connectivity index (χ1) is 23.8. The van der Waals surface area contributed by atoms with Crippen LogP contribution in [-0.2, 0) is 20.8 Å². The van der Waals surface area contributed by atoms with Crippen LogP contribution >= 0.6 is 0 Å². The van der Waals surface area contributed by atoms with Gasteiger partial charge >= 0.3 is 12.2 Å². The second-order valence-electron chi connectivity index (χ2n) is 15.2. The zero-order valence-corrected chi connectivity index (χ0v) is 30.2. The van der Waals surface area contributed by atoms with Crippen molar-refractivity contribution in [1.82, 2.24) is 24.5 Å². The number of pyridine rings is 1. The Labute approximate surface area is 294 Å². The van der Waals surface area contributed by atoms with Crippen molar-refractivity contribution in [2.75, 3.05) is 37.0 Å². The molecule has 1 aromatic carbocycles. The average molecular weight is 684 g/mol. The van der Waals surface area contributed by atoms with Crippen LogP contribution in [0.2, 0.25) is 0 Å². The van der Waals surface area contributed by atoms with Crippen LogP contribution in [0, 0.1) is 5.92 Å². The molecule has 2 fully saturated rings. The number of aromatic nitrogens is 4. The van der Waals surface area contributed by atoms with Gasteiger partial charge in [0, 0.05) is 49.5 Å². The highest BCUT2D eigenvalue weighted by molar-refractivity contribution is 5.88. The number of hydrogen-bond acceptors (Lipinski definition) is 9. The maximum atomic E-state index is 14.0. The third-order valence-corrected chi connectivity index (χ3v) is 8.84. The van der Waals surface area contributed by atoms with Crippen LogP contribution in [-0.4, -0.2) is 80.7 Å². The summed E-state index contributed by atoms with van der Waals surface area (Å²) in [6, 6.07) is 15.7. The Balaban J connectivity index is 1.28. The summed E-state index contributed by atoms with van der Waals surface area (Å²) in [7, 11) is 1.68. The summed E-state index contributed by atoms with van der Waals surface area (Å²) < 4.78 is 19.2. The Morgan fingerprint density at radius 3 is 2.36 bits per heavy atom. The Hall–Kier alpha value is -4.71. The number of amides is 2. The third-order valence-electron chi connectivity index (χ3n) is 8.84. The molecule has 2 amide bonds. The van der Waals surface area contributed by atoms with Gasteiger partial charge in [0.25, 0.3) is 0 Å². The summed E-state index contributed by atoms with van der Waals surface area (Å²) >= 11 is 0. The molecular weight excluding hydrogens is 634 g/mol. The van der Waals surface area contributed by atoms with Gasteiger partial charge in [0.2, 0.25) is 0 Å². The highest BCUT2D eigenvalue weighted by atomic mass is 16.6. The van der Waals surface area contributed by atoms with E-state index in [1.807, 2.05) is 96.3 Å². The number of nitrogens with zero attached hydrogens (tertiary/aromatic N) is 6. The van der Waals surface area contributed by atoms with E-state index in [0.717, 1.165) is 47.3 Å². The number of benzene rings is 1. The van der Waals surface area contributed by atoms with E-state index in [9.17, 15) is 9.59 Å². The Morgan fingerprint density at radius 1 is 0.980 bits per heavy atom. The minimum atomic E-state index is -0.710. The highest BCUT2D eigenvalue weighted by Crippen LogP contribution is 2.42. The lowest BCUT2D eigenvalue weighted by Crippen LogP contribution is -2.50. The molecule has 4 aromatic rings. The molecule has 0 unspecified atom stereocenters. The standard InChI is InChI=1S/C38H49N7O5/c1-37(2,3)49-35(46)43-19-17-28(31(24-43)48-7)21-40-32-20-33(45-34(42-32)29(22-41-45)26-15-16-26)44(36(47)50-38(4,5)6)23-25-11-13-27(14-12-25)30-10-8-9-18-39-30/h8-14,18,20,22,26,28,31H,15-17,19,21,23-24H2,1-7H3,(H,40,42)/t28-,31+/m1/s1. The number of rotatable bonds is 9. The lowest BCUT2D eigenvalue weighted by molar-refractivity contribution is -0.0258. The predicted molar refractivity (Wildman–Crippen MR) is 192 cm³/mol. The molecule has 4 heterocycles. The van der Waals surface area contributed by atoms with Gasteiger partial charge in [-0.2, -0.15) is 9.61 Å². The molecule has 50 heavy (non-hydrogen) atoms. The first-order valence-electron chi connectivity index (χ1n) is 17.4. The third kappa shape index (κ3) is 8.53. The van der Waals surface area contributed by atoms with E-state index in [2.05, 4.69) is 10.3 Å². The molecule has 0 bridgehead atoms. The van der Waals surface area contributed by atoms with Crippen molar-refractivity contribution in [2.45, 2.75) is 90.6 Å². The molecule has 2 atom stereocenters. The number of fused-ring (bicyclic) bond motifs is 1. The molecule has 1 aliphatic heterocycles. The fraction of sp³-hybridized carbons (Fsp3) is 0.500. The second-order valence-corrected chi connectivity index (χ2v) is 15.2. The first kappa shape index (κ1) is 35.1. The predicted octanol–water partition coefficient (Wildman–Crippen LogP) is 7.29. The fourth-order valence-corrected chi connectivity index (χ4v) is 6.18. The molecule has 1 saturated heterocycles. The lowest BCUT2D eigenvalue weighted by atomic mass is 9.93. The molecular formula is C38H49N7O5. The summed E-state index contributed by atoms with van der Waals surface area (Å²) in [5, 5.41) is 8.29. The van der Waals surface area contributed by atoms with E-state index in [4.69, 9.17) is 24.3 Å². The van der Waals surface area contributed by atoms with Crippen molar-refractivity contribution >= 4 is 29.5 Å². The fourth-order valence-electron chi connectivity index (χ4n) is 6.18. The number of carbonyl (C=O) groups is 2. The SMILES string of the molecule is CO[C@H]1CN(C(=O)OC(C)(C)C)CC[C@@H]1CNc1cc(N(Cc2ccc(-c3ccccn3)cc2)C(=O)OC(C)(C)C)n2ncc(C3CC3)c2n1. The van der Waals surface area contributed by atoms with E-state index in [-0.39, 0.29) is 24.7 Å². The van der Waals surface area contributed by atoms with E-state index in [0.29, 0.717) is 37.2 Å². The molecule has 3 aromatic heterocycles. The van der Waals surface area contributed by atoms with Crippen molar-refractivity contribution in [1.29, 1.82) is 0 Å². The smallest absolute Gasteiger partial charge is 0.416 e. The monoisotopic (exact) mass is 683 g/mol. The van der Waals surface area contributed by atoms with E-state index in [1.54, 1.807) is 27.6 Å². The summed E-state index contributed by atoms with van der Waals surface area (Å²) in [5.74, 6) is 1.69. The number of nitrogens with one attached hydrogen (secondary N) is 1. The largest absolute Gasteiger partial charge is 0.444 e. The highest BCUT2D eigenvalue weighted by Gasteiger charge is 2.35. The number of carbonyl (C=O) groups excluding carboxylic acids is 2. The molecule has 12 nitrogen and oxygen atoms in total. The number of anilines is 2. The van der Waals surface area contributed by atoms with Gasteiger partial charge in [-0.3, -0.25) is 9.88 Å². The Morgan fingerprint density at radius 2 is 1.72 bits per heavy atom. The van der Waals surface area contributed by atoms with Gasteiger partial charge in [-0.1, -0.05) is 30.3 Å². The number of likely N-dealkylation sites (tertiary alicyclic amines) is 1. The summed E-state index contributed by atoms with van der Waals surface area (Å²) in [5.41, 5.74) is 3.30. The number of methoxy groups -OCH3 is 1. The topological polar surface area (TPSA) is 123 Å². The van der Waals surface area contributed by atoms with E-state index >= 15 is 0 Å². The minimum Gasteiger partial charge on any atom is -0.444 e. The van der Waals surface area contributed by atoms with E-state index < -0.39 is 17.3 Å².